The molecule has 0 radical (unpaired) electrons. The van der Waals surface area contributed by atoms with Crippen molar-refractivity contribution in [1.29, 1.82) is 0 Å². The summed E-state index contributed by atoms with van der Waals surface area (Å²) in [6, 6.07) is 6.38. The lowest BCUT2D eigenvalue weighted by molar-refractivity contribution is -0.115. The van der Waals surface area contributed by atoms with Crippen LogP contribution < -0.4 is 5.32 Å². The van der Waals surface area contributed by atoms with Crippen molar-refractivity contribution in [3.05, 3.63) is 41.2 Å². The first-order valence-corrected chi connectivity index (χ1v) is 5.94. The van der Waals surface area contributed by atoms with Crippen LogP contribution in [-0.2, 0) is 4.79 Å². The lowest BCUT2D eigenvalue weighted by atomic mass is 9.91. The minimum absolute atomic E-state index is 0.177. The summed E-state index contributed by atoms with van der Waals surface area (Å²) in [4.78, 5) is 11.8. The molecule has 0 amide bonds. The number of halogens is 1. The molecule has 2 rings (SSSR count). The smallest absolute Gasteiger partial charge is 0.160 e. The standard InChI is InChI=1S/C14H16FNO/c1-2-14(17)13-9-16-8-7-12(13)10-3-5-11(15)6-4-10/h3-6,16H,2,7-9H2,1H3. The van der Waals surface area contributed by atoms with E-state index in [0.717, 1.165) is 29.7 Å². The zero-order valence-corrected chi connectivity index (χ0v) is 9.92. The Bertz CT molecular complexity index is 448. The molecule has 1 aromatic rings. The highest BCUT2D eigenvalue weighted by atomic mass is 19.1. The molecular weight excluding hydrogens is 217 g/mol. The Labute approximate surface area is 101 Å². The molecule has 90 valence electrons. The fraction of sp³-hybridized carbons (Fsp3) is 0.357. The summed E-state index contributed by atoms with van der Waals surface area (Å²) >= 11 is 0. The van der Waals surface area contributed by atoms with Gasteiger partial charge in [0.05, 0.1) is 0 Å². The minimum atomic E-state index is -0.244. The number of Topliss-reactive ketones (excluding diaryl/α,β-unsaturated/α-hetero) is 1. The van der Waals surface area contributed by atoms with E-state index in [1.165, 1.54) is 12.1 Å². The van der Waals surface area contributed by atoms with Gasteiger partial charge < -0.3 is 5.32 Å². The minimum Gasteiger partial charge on any atom is -0.312 e. The molecule has 1 aliphatic rings. The van der Waals surface area contributed by atoms with E-state index in [9.17, 15) is 9.18 Å². The third-order valence-electron chi connectivity index (χ3n) is 3.07. The van der Waals surface area contributed by atoms with Gasteiger partial charge in [-0.1, -0.05) is 19.1 Å². The quantitative estimate of drug-likeness (QED) is 0.869. The second kappa shape index (κ2) is 5.23. The second-order valence-corrected chi connectivity index (χ2v) is 4.17. The Morgan fingerprint density at radius 2 is 2.06 bits per heavy atom. The van der Waals surface area contributed by atoms with Gasteiger partial charge in [-0.2, -0.15) is 0 Å². The number of carbonyl (C=O) groups is 1. The van der Waals surface area contributed by atoms with E-state index in [0.29, 0.717) is 13.0 Å². The molecule has 0 atom stereocenters. The van der Waals surface area contributed by atoms with E-state index in [2.05, 4.69) is 5.32 Å². The predicted octanol–water partition coefficient (Wildman–Crippen LogP) is 2.55. The van der Waals surface area contributed by atoms with Crippen molar-refractivity contribution >= 4 is 11.4 Å². The summed E-state index contributed by atoms with van der Waals surface area (Å²) in [5.41, 5.74) is 2.88. The molecule has 0 fully saturated rings. The molecule has 0 spiro atoms. The highest BCUT2D eigenvalue weighted by molar-refractivity contribution is 6.03. The summed E-state index contributed by atoms with van der Waals surface area (Å²) in [7, 11) is 0. The van der Waals surface area contributed by atoms with E-state index in [1.807, 2.05) is 6.92 Å². The number of ketones is 1. The summed E-state index contributed by atoms with van der Waals surface area (Å²) < 4.78 is 12.9. The lowest BCUT2D eigenvalue weighted by Crippen LogP contribution is -2.28. The lowest BCUT2D eigenvalue weighted by Gasteiger charge is -2.20. The third-order valence-corrected chi connectivity index (χ3v) is 3.07. The Morgan fingerprint density at radius 1 is 1.35 bits per heavy atom. The summed E-state index contributed by atoms with van der Waals surface area (Å²) in [6.45, 7) is 3.36. The van der Waals surface area contributed by atoms with Gasteiger partial charge in [-0.25, -0.2) is 4.39 Å². The summed E-state index contributed by atoms with van der Waals surface area (Å²) in [5, 5.41) is 3.21. The van der Waals surface area contributed by atoms with Crippen molar-refractivity contribution in [3.8, 4) is 0 Å². The molecule has 1 aliphatic heterocycles. The Balaban J connectivity index is 2.41. The van der Waals surface area contributed by atoms with Gasteiger partial charge in [0, 0.05) is 18.5 Å². The molecular formula is C14H16FNO. The molecule has 0 aromatic heterocycles. The highest BCUT2D eigenvalue weighted by Gasteiger charge is 2.18. The average molecular weight is 233 g/mol. The second-order valence-electron chi connectivity index (χ2n) is 4.17. The molecule has 0 bridgehead atoms. The van der Waals surface area contributed by atoms with Gasteiger partial charge in [-0.05, 0) is 36.2 Å². The van der Waals surface area contributed by atoms with Crippen molar-refractivity contribution in [2.24, 2.45) is 0 Å². The first-order valence-electron chi connectivity index (χ1n) is 5.94. The van der Waals surface area contributed by atoms with Crippen LogP contribution in [-0.4, -0.2) is 18.9 Å². The van der Waals surface area contributed by atoms with Crippen molar-refractivity contribution < 1.29 is 9.18 Å². The molecule has 0 saturated carbocycles. The van der Waals surface area contributed by atoms with Gasteiger partial charge >= 0.3 is 0 Å². The zero-order chi connectivity index (χ0) is 12.3. The Hall–Kier alpha value is -1.48. The maximum Gasteiger partial charge on any atom is 0.160 e. The van der Waals surface area contributed by atoms with E-state index >= 15 is 0 Å². The van der Waals surface area contributed by atoms with Crippen LogP contribution in [0.3, 0.4) is 0 Å². The van der Waals surface area contributed by atoms with Crippen LogP contribution in [0.2, 0.25) is 0 Å². The van der Waals surface area contributed by atoms with E-state index in [-0.39, 0.29) is 11.6 Å². The largest absolute Gasteiger partial charge is 0.312 e. The molecule has 1 heterocycles. The first-order chi connectivity index (χ1) is 8.22. The molecule has 1 N–H and O–H groups in total. The van der Waals surface area contributed by atoms with Crippen LogP contribution in [0.5, 0.6) is 0 Å². The van der Waals surface area contributed by atoms with Gasteiger partial charge in [0.2, 0.25) is 0 Å². The van der Waals surface area contributed by atoms with Gasteiger partial charge in [0.1, 0.15) is 5.82 Å². The van der Waals surface area contributed by atoms with Crippen molar-refractivity contribution in [1.82, 2.24) is 5.32 Å². The van der Waals surface area contributed by atoms with Gasteiger partial charge in [-0.15, -0.1) is 0 Å². The van der Waals surface area contributed by atoms with Crippen LogP contribution in [0.25, 0.3) is 5.57 Å². The molecule has 0 aliphatic carbocycles. The third kappa shape index (κ3) is 2.61. The van der Waals surface area contributed by atoms with E-state index in [4.69, 9.17) is 0 Å². The van der Waals surface area contributed by atoms with E-state index < -0.39 is 0 Å². The van der Waals surface area contributed by atoms with Crippen LogP contribution >= 0.6 is 0 Å². The van der Waals surface area contributed by atoms with Crippen molar-refractivity contribution in [3.63, 3.8) is 0 Å². The number of carbonyl (C=O) groups excluding carboxylic acids is 1. The molecule has 17 heavy (non-hydrogen) atoms. The van der Waals surface area contributed by atoms with Crippen LogP contribution in [0.4, 0.5) is 4.39 Å². The van der Waals surface area contributed by atoms with Crippen LogP contribution in [0.1, 0.15) is 25.3 Å². The predicted molar refractivity (Wildman–Crippen MR) is 66.1 cm³/mol. The fourth-order valence-electron chi connectivity index (χ4n) is 2.13. The molecule has 0 saturated heterocycles. The number of hydrogen-bond donors (Lipinski definition) is 1. The van der Waals surface area contributed by atoms with Gasteiger partial charge in [0.25, 0.3) is 0 Å². The highest BCUT2D eigenvalue weighted by Crippen LogP contribution is 2.25. The van der Waals surface area contributed by atoms with Crippen LogP contribution in [0, 0.1) is 5.82 Å². The topological polar surface area (TPSA) is 29.1 Å². The Morgan fingerprint density at radius 3 is 2.71 bits per heavy atom. The normalized spacial score (nSPS) is 16.1. The summed E-state index contributed by atoms with van der Waals surface area (Å²) in [6.07, 6.45) is 1.34. The van der Waals surface area contributed by atoms with Gasteiger partial charge in [-0.3, -0.25) is 4.79 Å². The fourth-order valence-corrected chi connectivity index (χ4v) is 2.13. The summed E-state index contributed by atoms with van der Waals surface area (Å²) in [5.74, 6) is -0.0665. The maximum atomic E-state index is 12.9. The number of hydrogen-bond acceptors (Lipinski definition) is 2. The Kier molecular flexibility index (Phi) is 3.69. The molecule has 2 nitrogen and oxygen atoms in total. The number of nitrogens with one attached hydrogen (secondary N) is 1. The van der Waals surface area contributed by atoms with Gasteiger partial charge in [0.15, 0.2) is 5.78 Å². The number of rotatable bonds is 3. The van der Waals surface area contributed by atoms with Crippen molar-refractivity contribution in [2.75, 3.05) is 13.1 Å². The molecule has 3 heteroatoms. The van der Waals surface area contributed by atoms with E-state index in [1.54, 1.807) is 12.1 Å². The number of benzene rings is 1. The van der Waals surface area contributed by atoms with Crippen molar-refractivity contribution in [2.45, 2.75) is 19.8 Å². The monoisotopic (exact) mass is 233 g/mol. The SMILES string of the molecule is CCC(=O)C1=C(c2ccc(F)cc2)CCNC1. The van der Waals surface area contributed by atoms with Crippen LogP contribution in [0.15, 0.2) is 29.8 Å². The average Bonchev–Trinajstić information content (AvgIpc) is 2.39. The zero-order valence-electron chi connectivity index (χ0n) is 9.92. The molecule has 0 unspecified atom stereocenters. The first kappa shape index (κ1) is 12.0. The maximum absolute atomic E-state index is 12.9. The molecule has 1 aromatic carbocycles.